The van der Waals surface area contributed by atoms with Crippen LogP contribution < -0.4 is 5.32 Å². The molecular formula is C22H29F3N3+. The van der Waals surface area contributed by atoms with Gasteiger partial charge in [0.1, 0.15) is 0 Å². The van der Waals surface area contributed by atoms with Crippen LogP contribution in [0.25, 0.3) is 5.32 Å². The maximum Gasteiger partial charge on any atom is 0.453 e. The quantitative estimate of drug-likeness (QED) is 0.724. The zero-order valence-electron chi connectivity index (χ0n) is 16.9. The molecule has 1 aliphatic rings. The Kier molecular flexibility index (Phi) is 5.47. The first-order valence-corrected chi connectivity index (χ1v) is 9.90. The molecule has 2 atom stereocenters. The zero-order valence-corrected chi connectivity index (χ0v) is 16.9. The van der Waals surface area contributed by atoms with Crippen LogP contribution in [0.3, 0.4) is 0 Å². The number of nitrogens with two attached hydrogens (primary N) is 1. The van der Waals surface area contributed by atoms with Crippen molar-refractivity contribution >= 4 is 5.69 Å². The van der Waals surface area contributed by atoms with Crippen LogP contribution in [0.2, 0.25) is 0 Å². The van der Waals surface area contributed by atoms with Gasteiger partial charge < -0.3 is 5.32 Å². The monoisotopic (exact) mass is 392 g/mol. The number of rotatable bonds is 5. The Labute approximate surface area is 165 Å². The number of hydrogen-bond acceptors (Lipinski definition) is 0. The largest absolute Gasteiger partial charge is 0.581 e. The minimum absolute atomic E-state index is 0.226. The van der Waals surface area contributed by atoms with Gasteiger partial charge in [-0.15, -0.1) is 5.69 Å². The predicted molar refractivity (Wildman–Crippen MR) is 105 cm³/mol. The van der Waals surface area contributed by atoms with Crippen LogP contribution in [0, 0.1) is 6.92 Å². The topological polar surface area (TPSA) is 30.7 Å². The molecule has 3 nitrogen and oxygen atoms in total. The SMILES string of the molecule is CC[N+](CC)(CC)[C@H]1[N-]c2ccc(C)cc2[C@](c2ccccc2)(C(F)(F)F)[NH2+]1. The number of nitrogens with zero attached hydrogens (tertiary/aromatic N) is 2. The van der Waals surface area contributed by atoms with E-state index in [4.69, 9.17) is 5.32 Å². The summed E-state index contributed by atoms with van der Waals surface area (Å²) < 4.78 is 45.2. The molecule has 2 aromatic carbocycles. The van der Waals surface area contributed by atoms with E-state index >= 15 is 0 Å². The van der Waals surface area contributed by atoms with E-state index in [1.54, 1.807) is 42.5 Å². The van der Waals surface area contributed by atoms with E-state index < -0.39 is 18.0 Å². The standard InChI is InChI=1S/C22H28F3N3/c1-5-28(6-2,7-3)20-26-19-14-13-16(4)15-18(19)21(27-20,22(23,24)25)17-11-9-8-10-12-17/h8-15,20,27H,5-7H2,1-4H3/p+1/t20-,21+/m0/s1. The Morgan fingerprint density at radius 3 is 2.14 bits per heavy atom. The summed E-state index contributed by atoms with van der Waals surface area (Å²) in [7, 11) is 0. The molecule has 1 heterocycles. The fourth-order valence-corrected chi connectivity index (χ4v) is 4.45. The molecule has 6 heteroatoms. The molecule has 0 radical (unpaired) electrons. The Balaban J connectivity index is 2.32. The second kappa shape index (κ2) is 7.41. The molecule has 2 aromatic rings. The molecule has 0 amide bonds. The maximum atomic E-state index is 14.9. The average molecular weight is 392 g/mol. The number of hydrogen-bond donors (Lipinski definition) is 1. The fraction of sp³-hybridized carbons (Fsp3) is 0.455. The lowest BCUT2D eigenvalue weighted by atomic mass is 9.79. The van der Waals surface area contributed by atoms with Gasteiger partial charge >= 0.3 is 6.18 Å². The highest BCUT2D eigenvalue weighted by Crippen LogP contribution is 2.49. The minimum Gasteiger partial charge on any atom is -0.581 e. The molecule has 0 aliphatic carbocycles. The number of quaternary nitrogens is 2. The number of fused-ring (bicyclic) bond motifs is 1. The fourth-order valence-electron chi connectivity index (χ4n) is 4.45. The van der Waals surface area contributed by atoms with Gasteiger partial charge in [-0.25, -0.2) is 0 Å². The van der Waals surface area contributed by atoms with Crippen molar-refractivity contribution in [3.63, 3.8) is 0 Å². The van der Waals surface area contributed by atoms with Gasteiger partial charge in [-0.1, -0.05) is 54.1 Å². The van der Waals surface area contributed by atoms with Crippen molar-refractivity contribution in [1.29, 1.82) is 0 Å². The Bertz CT molecular complexity index is 807. The molecule has 1 aliphatic heterocycles. The average Bonchev–Trinajstić information content (AvgIpc) is 2.69. The number of halogens is 3. The molecule has 0 saturated carbocycles. The normalized spacial score (nSPS) is 22.5. The van der Waals surface area contributed by atoms with Crippen molar-refractivity contribution in [2.75, 3.05) is 19.6 Å². The smallest absolute Gasteiger partial charge is 0.453 e. The first-order valence-electron chi connectivity index (χ1n) is 9.90. The van der Waals surface area contributed by atoms with Gasteiger partial charge in [-0.2, -0.15) is 13.2 Å². The van der Waals surface area contributed by atoms with Gasteiger partial charge in [-0.05, 0) is 27.7 Å². The third kappa shape index (κ3) is 3.08. The predicted octanol–water partition coefficient (Wildman–Crippen LogP) is 4.54. The molecule has 28 heavy (non-hydrogen) atoms. The summed E-state index contributed by atoms with van der Waals surface area (Å²) in [6, 6.07) is 13.5. The van der Waals surface area contributed by atoms with Gasteiger partial charge in [-0.3, -0.25) is 9.80 Å². The highest BCUT2D eigenvalue weighted by Gasteiger charge is 2.64. The summed E-state index contributed by atoms with van der Waals surface area (Å²) in [5.74, 6) is 0. The van der Waals surface area contributed by atoms with Gasteiger partial charge in [0.25, 0.3) is 0 Å². The lowest BCUT2D eigenvalue weighted by molar-refractivity contribution is -1.06. The van der Waals surface area contributed by atoms with Crippen LogP contribution in [-0.4, -0.2) is 36.6 Å². The van der Waals surface area contributed by atoms with Crippen LogP contribution in [0.15, 0.2) is 48.5 Å². The molecule has 0 spiro atoms. The van der Waals surface area contributed by atoms with E-state index in [-0.39, 0.29) is 11.1 Å². The second-order valence-electron chi connectivity index (χ2n) is 7.57. The van der Waals surface area contributed by atoms with Crippen molar-refractivity contribution in [3.8, 4) is 0 Å². The first-order chi connectivity index (χ1) is 13.2. The first kappa shape index (κ1) is 20.7. The van der Waals surface area contributed by atoms with Crippen LogP contribution >= 0.6 is 0 Å². The van der Waals surface area contributed by atoms with E-state index in [9.17, 15) is 13.2 Å². The molecule has 2 N–H and O–H groups in total. The van der Waals surface area contributed by atoms with Gasteiger partial charge in [0, 0.05) is 11.1 Å². The Morgan fingerprint density at radius 1 is 1.00 bits per heavy atom. The number of aryl methyl sites for hydroxylation is 1. The van der Waals surface area contributed by atoms with E-state index in [0.29, 0.717) is 10.2 Å². The van der Waals surface area contributed by atoms with Crippen LogP contribution in [0.1, 0.15) is 37.5 Å². The molecular weight excluding hydrogens is 363 g/mol. The molecule has 0 fully saturated rings. The van der Waals surface area contributed by atoms with Gasteiger partial charge in [0.05, 0.1) is 19.6 Å². The van der Waals surface area contributed by atoms with Crippen LogP contribution in [0.4, 0.5) is 18.9 Å². The summed E-state index contributed by atoms with van der Waals surface area (Å²) in [5.41, 5.74) is -0.463. The molecule has 3 rings (SSSR count). The summed E-state index contributed by atoms with van der Waals surface area (Å²) >= 11 is 0. The van der Waals surface area contributed by atoms with Crippen molar-refractivity contribution in [1.82, 2.24) is 0 Å². The lowest BCUT2D eigenvalue weighted by Crippen LogP contribution is -3.07. The second-order valence-corrected chi connectivity index (χ2v) is 7.57. The van der Waals surface area contributed by atoms with E-state index in [0.717, 1.165) is 25.2 Å². The van der Waals surface area contributed by atoms with Crippen molar-refractivity contribution in [3.05, 3.63) is 70.5 Å². The molecule has 0 unspecified atom stereocenters. The minimum atomic E-state index is -4.48. The maximum absolute atomic E-state index is 14.9. The van der Waals surface area contributed by atoms with Crippen molar-refractivity contribution < 1.29 is 23.0 Å². The van der Waals surface area contributed by atoms with E-state index in [1.807, 2.05) is 33.8 Å². The summed E-state index contributed by atoms with van der Waals surface area (Å²) in [5, 5.41) is 6.28. The Hall–Kier alpha value is -2.05. The van der Waals surface area contributed by atoms with E-state index in [1.165, 1.54) is 5.32 Å². The molecule has 0 aromatic heterocycles. The highest BCUT2D eigenvalue weighted by molar-refractivity contribution is 5.63. The van der Waals surface area contributed by atoms with Crippen molar-refractivity contribution in [2.24, 2.45) is 0 Å². The van der Waals surface area contributed by atoms with Gasteiger partial charge in [0.15, 0.2) is 6.29 Å². The summed E-state index contributed by atoms with van der Waals surface area (Å²) in [6.07, 6.45) is -5.03. The highest BCUT2D eigenvalue weighted by atomic mass is 19.4. The van der Waals surface area contributed by atoms with Crippen LogP contribution in [0.5, 0.6) is 0 Å². The lowest BCUT2D eigenvalue weighted by Gasteiger charge is -2.55. The molecule has 0 bridgehead atoms. The number of benzene rings is 2. The summed E-state index contributed by atoms with van der Waals surface area (Å²) in [4.78, 5) is 0. The van der Waals surface area contributed by atoms with Gasteiger partial charge in [0.2, 0.25) is 5.54 Å². The molecule has 0 saturated heterocycles. The number of alkyl halides is 3. The molecule has 152 valence electrons. The zero-order chi connectivity index (χ0) is 20.6. The summed E-state index contributed by atoms with van der Waals surface area (Å²) in [6.45, 7) is 10.1. The van der Waals surface area contributed by atoms with Crippen molar-refractivity contribution in [2.45, 2.75) is 45.7 Å². The van der Waals surface area contributed by atoms with E-state index in [2.05, 4.69) is 0 Å². The van der Waals surface area contributed by atoms with Crippen LogP contribution in [-0.2, 0) is 5.54 Å². The third-order valence-corrected chi connectivity index (χ3v) is 6.37. The Morgan fingerprint density at radius 2 is 1.61 bits per heavy atom. The third-order valence-electron chi connectivity index (χ3n) is 6.37.